The molecule has 2 aromatic rings. The van der Waals surface area contributed by atoms with Gasteiger partial charge in [-0.1, -0.05) is 5.16 Å². The molecule has 3 heterocycles. The van der Waals surface area contributed by atoms with Crippen molar-refractivity contribution in [3.8, 4) is 0 Å². The molecule has 0 atom stereocenters. The average molecular weight is 327 g/mol. The highest BCUT2D eigenvalue weighted by molar-refractivity contribution is 5.92. The molecule has 0 unspecified atom stereocenters. The molecule has 2 fully saturated rings. The molecule has 1 aliphatic heterocycles. The van der Waals surface area contributed by atoms with Gasteiger partial charge in [0.1, 0.15) is 17.9 Å². The van der Waals surface area contributed by atoms with Gasteiger partial charge < -0.3 is 14.7 Å². The van der Waals surface area contributed by atoms with Crippen molar-refractivity contribution >= 4 is 11.7 Å². The highest BCUT2D eigenvalue weighted by Crippen LogP contribution is 2.40. The number of carbonyl (C=O) groups is 1. The first kappa shape index (κ1) is 15.1. The van der Waals surface area contributed by atoms with Crippen LogP contribution in [0.25, 0.3) is 0 Å². The first-order valence-corrected chi connectivity index (χ1v) is 8.50. The van der Waals surface area contributed by atoms with E-state index < -0.39 is 0 Å². The molecular formula is C17H21N5O2. The lowest BCUT2D eigenvalue weighted by atomic mass is 10.0. The summed E-state index contributed by atoms with van der Waals surface area (Å²) < 4.78 is 5.29. The number of anilines is 1. The number of rotatable bonds is 4. The Morgan fingerprint density at radius 3 is 2.71 bits per heavy atom. The van der Waals surface area contributed by atoms with E-state index in [1.54, 1.807) is 6.33 Å². The van der Waals surface area contributed by atoms with Gasteiger partial charge in [-0.05, 0) is 32.6 Å². The second-order valence-corrected chi connectivity index (χ2v) is 6.64. The van der Waals surface area contributed by atoms with E-state index >= 15 is 0 Å². The molecule has 1 aliphatic carbocycles. The summed E-state index contributed by atoms with van der Waals surface area (Å²) in [6.07, 6.45) is 5.63. The number of nitrogens with zero attached hydrogens (tertiary/aromatic N) is 4. The van der Waals surface area contributed by atoms with Crippen LogP contribution in [0, 0.1) is 6.92 Å². The lowest BCUT2D eigenvalue weighted by Gasteiger charge is -2.32. The lowest BCUT2D eigenvalue weighted by Crippen LogP contribution is -2.42. The Hall–Kier alpha value is -2.44. The number of hydrogen-bond donors (Lipinski definition) is 1. The number of piperidine rings is 1. The molecule has 1 saturated heterocycles. The van der Waals surface area contributed by atoms with E-state index in [2.05, 4.69) is 20.4 Å². The molecule has 1 saturated carbocycles. The monoisotopic (exact) mass is 327 g/mol. The predicted molar refractivity (Wildman–Crippen MR) is 87.8 cm³/mol. The number of likely N-dealkylation sites (tertiary alicyclic amines) is 1. The molecular weight excluding hydrogens is 306 g/mol. The van der Waals surface area contributed by atoms with Crippen molar-refractivity contribution in [3.63, 3.8) is 0 Å². The first-order valence-electron chi connectivity index (χ1n) is 8.50. The van der Waals surface area contributed by atoms with Gasteiger partial charge in [-0.2, -0.15) is 0 Å². The normalized spacial score (nSPS) is 18.6. The summed E-state index contributed by atoms with van der Waals surface area (Å²) in [5.74, 6) is 2.15. The number of hydrogen-bond acceptors (Lipinski definition) is 6. The summed E-state index contributed by atoms with van der Waals surface area (Å²) in [5, 5.41) is 7.38. The van der Waals surface area contributed by atoms with Gasteiger partial charge in [0.25, 0.3) is 5.91 Å². The van der Waals surface area contributed by atoms with Crippen LogP contribution in [-0.4, -0.2) is 45.1 Å². The number of carbonyl (C=O) groups excluding carboxylic acids is 1. The number of aromatic nitrogens is 3. The Balaban J connectivity index is 1.32. The highest BCUT2D eigenvalue weighted by atomic mass is 16.5. The van der Waals surface area contributed by atoms with Gasteiger partial charge in [-0.3, -0.25) is 4.79 Å². The standard InChI is InChI=1S/C17H21N5O2/c1-11-8-16(19-10-18-11)20-13-4-6-22(7-5-13)17(23)14-9-15(24-21-14)12-2-3-12/h8-10,12-13H,2-7H2,1H3,(H,18,19,20). The van der Waals surface area contributed by atoms with Crippen molar-refractivity contribution < 1.29 is 9.32 Å². The maximum absolute atomic E-state index is 12.5. The van der Waals surface area contributed by atoms with Gasteiger partial charge >= 0.3 is 0 Å². The van der Waals surface area contributed by atoms with Crippen LogP contribution in [0.3, 0.4) is 0 Å². The van der Waals surface area contributed by atoms with Gasteiger partial charge in [-0.25, -0.2) is 9.97 Å². The predicted octanol–water partition coefficient (Wildman–Crippen LogP) is 2.37. The lowest BCUT2D eigenvalue weighted by molar-refractivity contribution is 0.0708. The van der Waals surface area contributed by atoms with Gasteiger partial charge in [0, 0.05) is 42.9 Å². The summed E-state index contributed by atoms with van der Waals surface area (Å²) in [4.78, 5) is 22.7. The fraction of sp³-hybridized carbons (Fsp3) is 0.529. The molecule has 2 aliphatic rings. The van der Waals surface area contributed by atoms with Gasteiger partial charge in [-0.15, -0.1) is 0 Å². The fourth-order valence-electron chi connectivity index (χ4n) is 3.08. The van der Waals surface area contributed by atoms with Crippen molar-refractivity contribution in [2.24, 2.45) is 0 Å². The Morgan fingerprint density at radius 1 is 1.21 bits per heavy atom. The smallest absolute Gasteiger partial charge is 0.276 e. The molecule has 24 heavy (non-hydrogen) atoms. The first-order chi connectivity index (χ1) is 11.7. The number of amides is 1. The Labute approximate surface area is 140 Å². The van der Waals surface area contributed by atoms with Crippen molar-refractivity contribution in [3.05, 3.63) is 35.6 Å². The fourth-order valence-corrected chi connectivity index (χ4v) is 3.08. The minimum absolute atomic E-state index is 0.0259. The van der Waals surface area contributed by atoms with E-state index in [0.29, 0.717) is 30.7 Å². The molecule has 1 amide bonds. The summed E-state index contributed by atoms with van der Waals surface area (Å²) in [7, 11) is 0. The molecule has 4 rings (SSSR count). The summed E-state index contributed by atoms with van der Waals surface area (Å²) in [6.45, 7) is 3.38. The third kappa shape index (κ3) is 3.25. The Morgan fingerprint density at radius 2 is 2.00 bits per heavy atom. The second kappa shape index (κ2) is 6.22. The molecule has 0 aromatic carbocycles. The van der Waals surface area contributed by atoms with E-state index in [4.69, 9.17) is 4.52 Å². The quantitative estimate of drug-likeness (QED) is 0.928. The van der Waals surface area contributed by atoms with Crippen LogP contribution in [0.4, 0.5) is 5.82 Å². The molecule has 2 aromatic heterocycles. The second-order valence-electron chi connectivity index (χ2n) is 6.64. The SMILES string of the molecule is Cc1cc(NC2CCN(C(=O)c3cc(C4CC4)on3)CC2)ncn1. The van der Waals surface area contributed by atoms with Crippen LogP contribution in [0.2, 0.25) is 0 Å². The number of aryl methyl sites for hydroxylation is 1. The van der Waals surface area contributed by atoms with E-state index in [9.17, 15) is 4.79 Å². The Kier molecular flexibility index (Phi) is 3.92. The largest absolute Gasteiger partial charge is 0.367 e. The molecule has 0 radical (unpaired) electrons. The van der Waals surface area contributed by atoms with Crippen molar-refractivity contribution in [1.29, 1.82) is 0 Å². The minimum Gasteiger partial charge on any atom is -0.367 e. The molecule has 0 bridgehead atoms. The topological polar surface area (TPSA) is 84.2 Å². The summed E-state index contributed by atoms with van der Waals surface area (Å²) in [5.41, 5.74) is 1.38. The zero-order chi connectivity index (χ0) is 16.5. The van der Waals surface area contributed by atoms with Crippen LogP contribution in [0.5, 0.6) is 0 Å². The zero-order valence-corrected chi connectivity index (χ0v) is 13.7. The molecule has 126 valence electrons. The third-order valence-electron chi connectivity index (χ3n) is 4.67. The zero-order valence-electron chi connectivity index (χ0n) is 13.7. The van der Waals surface area contributed by atoms with Crippen LogP contribution in [-0.2, 0) is 0 Å². The maximum atomic E-state index is 12.5. The van der Waals surface area contributed by atoms with Crippen LogP contribution >= 0.6 is 0 Å². The van der Waals surface area contributed by atoms with Crippen molar-refractivity contribution in [2.75, 3.05) is 18.4 Å². The van der Waals surface area contributed by atoms with Crippen LogP contribution < -0.4 is 5.32 Å². The van der Waals surface area contributed by atoms with Crippen LogP contribution in [0.15, 0.2) is 23.0 Å². The van der Waals surface area contributed by atoms with E-state index in [-0.39, 0.29) is 5.91 Å². The molecule has 0 spiro atoms. The summed E-state index contributed by atoms with van der Waals surface area (Å²) in [6, 6.07) is 4.07. The molecule has 7 nitrogen and oxygen atoms in total. The molecule has 1 N–H and O–H groups in total. The summed E-state index contributed by atoms with van der Waals surface area (Å²) >= 11 is 0. The third-order valence-corrected chi connectivity index (χ3v) is 4.67. The maximum Gasteiger partial charge on any atom is 0.276 e. The van der Waals surface area contributed by atoms with Gasteiger partial charge in [0.15, 0.2) is 5.69 Å². The van der Waals surface area contributed by atoms with Crippen molar-refractivity contribution in [1.82, 2.24) is 20.0 Å². The highest BCUT2D eigenvalue weighted by Gasteiger charge is 2.31. The molecule has 7 heteroatoms. The average Bonchev–Trinajstić information content (AvgIpc) is 3.32. The van der Waals surface area contributed by atoms with Gasteiger partial charge in [0.05, 0.1) is 0 Å². The minimum atomic E-state index is -0.0259. The van der Waals surface area contributed by atoms with E-state index in [1.165, 1.54) is 0 Å². The van der Waals surface area contributed by atoms with E-state index in [0.717, 1.165) is 43.0 Å². The van der Waals surface area contributed by atoms with Crippen LogP contribution in [0.1, 0.15) is 53.5 Å². The number of nitrogens with one attached hydrogen (secondary N) is 1. The van der Waals surface area contributed by atoms with E-state index in [1.807, 2.05) is 24.0 Å². The van der Waals surface area contributed by atoms with Crippen molar-refractivity contribution in [2.45, 2.75) is 44.6 Å². The van der Waals surface area contributed by atoms with Gasteiger partial charge in [0.2, 0.25) is 0 Å². The Bertz CT molecular complexity index is 732.